The van der Waals surface area contributed by atoms with Gasteiger partial charge in [-0.3, -0.25) is 9.59 Å². The maximum absolute atomic E-state index is 11.5. The van der Waals surface area contributed by atoms with Gasteiger partial charge in [-0.1, -0.05) is 48.6 Å². The molecule has 2 aromatic rings. The number of benzene rings is 2. The average molecular weight is 510 g/mol. The van der Waals surface area contributed by atoms with E-state index < -0.39 is 0 Å². The molecule has 8 N–H and O–H groups in total. The Balaban J connectivity index is 0.000000465. The quantitative estimate of drug-likeness (QED) is 0.0892. The van der Waals surface area contributed by atoms with Gasteiger partial charge < -0.3 is 21.5 Å². The van der Waals surface area contributed by atoms with Crippen molar-refractivity contribution < 1.29 is 29.1 Å². The van der Waals surface area contributed by atoms with Gasteiger partial charge in [0.1, 0.15) is 0 Å². The van der Waals surface area contributed by atoms with E-state index in [-0.39, 0.29) is 31.0 Å². The molecule has 0 radical (unpaired) electrons. The Morgan fingerprint density at radius 2 is 1.23 bits per heavy atom. The zero-order chi connectivity index (χ0) is 22.5. The third-order valence-electron chi connectivity index (χ3n) is 3.68. The van der Waals surface area contributed by atoms with E-state index in [1.807, 2.05) is 12.1 Å². The second-order valence-corrected chi connectivity index (χ2v) is 6.47. The van der Waals surface area contributed by atoms with Crippen molar-refractivity contribution in [1.82, 2.24) is 21.5 Å². The van der Waals surface area contributed by atoms with Crippen LogP contribution in [0, 0.1) is 0 Å². The van der Waals surface area contributed by atoms with E-state index in [1.165, 1.54) is 0 Å². The van der Waals surface area contributed by atoms with Gasteiger partial charge in [0.25, 0.3) is 0 Å². The monoisotopic (exact) mass is 508 g/mol. The van der Waals surface area contributed by atoms with Crippen molar-refractivity contribution in [3.8, 4) is 0 Å². The van der Waals surface area contributed by atoms with Gasteiger partial charge in [-0.25, -0.2) is 11.7 Å². The Bertz CT molecular complexity index is 895. The minimum Gasteiger partial charge on any atom is -0.358 e. The summed E-state index contributed by atoms with van der Waals surface area (Å²) in [5.41, 5.74) is 5.63. The van der Waals surface area contributed by atoms with E-state index in [0.29, 0.717) is 34.4 Å². The van der Waals surface area contributed by atoms with Crippen molar-refractivity contribution >= 4 is 57.0 Å². The zero-order valence-electron chi connectivity index (χ0n) is 16.9. The van der Waals surface area contributed by atoms with Crippen molar-refractivity contribution in [3.63, 3.8) is 0 Å². The van der Waals surface area contributed by atoms with Crippen LogP contribution in [0.4, 0.5) is 0 Å². The number of carbonyl (C=O) groups excluding carboxylic acids is 2. The van der Waals surface area contributed by atoms with Crippen molar-refractivity contribution in [3.05, 3.63) is 72.8 Å². The van der Waals surface area contributed by atoms with Gasteiger partial charge in [-0.05, 0) is 29.8 Å². The van der Waals surface area contributed by atoms with Crippen LogP contribution in [0.15, 0.2) is 61.7 Å². The van der Waals surface area contributed by atoms with Gasteiger partial charge in [-0.15, -0.1) is 13.2 Å². The Kier molecular flexibility index (Phi) is 14.0. The van der Waals surface area contributed by atoms with Crippen LogP contribution in [0.25, 0.3) is 10.8 Å². The number of carbonyl (C=O) groups is 2. The molecular formula is C20H24N6O2S2Zn. The number of hydrazine groups is 2. The first-order valence-electron chi connectivity index (χ1n) is 8.72. The molecule has 0 aliphatic heterocycles. The summed E-state index contributed by atoms with van der Waals surface area (Å²) in [5.74, 6) is 9.09. The molecule has 8 nitrogen and oxygen atoms in total. The number of rotatable bonds is 4. The fourth-order valence-corrected chi connectivity index (χ4v) is 2.56. The Morgan fingerprint density at radius 1 is 0.839 bits per heavy atom. The molecule has 0 bridgehead atoms. The first-order valence-corrected chi connectivity index (χ1v) is 9.54. The number of Topliss-reactive ketones (excluding diaryl/α,β-unsaturated/α-hetero) is 2. The fraction of sp³-hybridized carbons (Fsp3) is 0.100. The summed E-state index contributed by atoms with van der Waals surface area (Å²) in [6, 6.07) is 10.8. The van der Waals surface area contributed by atoms with Gasteiger partial charge in [0.15, 0.2) is 10.2 Å². The maximum atomic E-state index is 11.5. The van der Waals surface area contributed by atoms with Gasteiger partial charge >= 0.3 is 0 Å². The second kappa shape index (κ2) is 15.3. The molecule has 0 heterocycles. The zero-order valence-corrected chi connectivity index (χ0v) is 21.5. The maximum Gasteiger partial charge on any atom is 0.234 e. The average Bonchev–Trinajstić information content (AvgIpc) is 3.03. The molecule has 0 saturated heterocycles. The van der Waals surface area contributed by atoms with Crippen molar-refractivity contribution in [2.75, 3.05) is 13.1 Å². The topological polar surface area (TPSA) is 134 Å². The van der Waals surface area contributed by atoms with Gasteiger partial charge in [0.05, 0.1) is 0 Å². The number of nitrogens with two attached hydrogens (primary N) is 2. The summed E-state index contributed by atoms with van der Waals surface area (Å²) in [6.07, 6.45) is 3.40. The number of hydrogen-bond donors (Lipinski definition) is 6. The molecule has 160 valence electrons. The van der Waals surface area contributed by atoms with Crippen molar-refractivity contribution in [1.29, 1.82) is 0 Å². The summed E-state index contributed by atoms with van der Waals surface area (Å²) >= 11 is 9.25. The Morgan fingerprint density at radius 3 is 1.55 bits per heavy atom. The summed E-state index contributed by atoms with van der Waals surface area (Å²) in [6.45, 7) is 8.24. The first kappa shape index (κ1) is 28.4. The molecule has 1 aliphatic rings. The Hall–Kier alpha value is -2.56. The predicted octanol–water partition coefficient (Wildman–Crippen LogP) is 1.24. The van der Waals surface area contributed by atoms with Crippen LogP contribution >= 0.6 is 24.4 Å². The number of thiocarbonyl (C=S) groups is 2. The molecule has 0 fully saturated rings. The minimum absolute atomic E-state index is 0. The van der Waals surface area contributed by atoms with E-state index in [1.54, 1.807) is 36.4 Å². The third kappa shape index (κ3) is 8.60. The van der Waals surface area contributed by atoms with Crippen molar-refractivity contribution in [2.24, 2.45) is 11.7 Å². The molecule has 31 heavy (non-hydrogen) atoms. The predicted molar refractivity (Wildman–Crippen MR) is 129 cm³/mol. The molecular weight excluding hydrogens is 486 g/mol. The van der Waals surface area contributed by atoms with Gasteiger partial charge in [-0.2, -0.15) is 0 Å². The van der Waals surface area contributed by atoms with E-state index in [2.05, 4.69) is 59.1 Å². The van der Waals surface area contributed by atoms with Crippen LogP contribution in [0.3, 0.4) is 0 Å². The van der Waals surface area contributed by atoms with Crippen LogP contribution in [0.1, 0.15) is 20.7 Å². The van der Waals surface area contributed by atoms with Crippen LogP contribution in [0.2, 0.25) is 0 Å². The molecule has 0 atom stereocenters. The van der Waals surface area contributed by atoms with Crippen LogP contribution in [0.5, 0.6) is 0 Å². The first-order chi connectivity index (χ1) is 14.4. The third-order valence-corrected chi connectivity index (χ3v) is 4.20. The molecule has 11 heteroatoms. The fourth-order valence-electron chi connectivity index (χ4n) is 2.40. The van der Waals surface area contributed by atoms with Crippen LogP contribution in [-0.4, -0.2) is 34.9 Å². The van der Waals surface area contributed by atoms with E-state index in [4.69, 9.17) is 11.7 Å². The Labute approximate surface area is 204 Å². The molecule has 0 amide bonds. The molecule has 3 rings (SSSR count). The van der Waals surface area contributed by atoms with Gasteiger partial charge in [0, 0.05) is 49.1 Å². The second-order valence-electron chi connectivity index (χ2n) is 5.65. The number of hydrogen-bond acceptors (Lipinski definition) is 6. The van der Waals surface area contributed by atoms with E-state index >= 15 is 0 Å². The molecule has 0 unspecified atom stereocenters. The molecule has 0 aromatic heterocycles. The number of ketones is 2. The SMILES string of the molecule is C=CCNC(=S)NN.C=CCNC(=S)NN.O=C1C(=O)c2cccc3cccc1c23.[Zn]. The standard InChI is InChI=1S/C12H6O2.2C4H9N3S.Zn/c13-11-8-5-1-3-7-4-2-6-9(10(7)8)12(11)14;2*1-2-3-6-4(8)7-5;/h1-6H;2*2H,1,3,5H2,(H2,6,7,8);. The minimum atomic E-state index is -0.378. The molecule has 0 spiro atoms. The number of nitrogens with one attached hydrogen (secondary N) is 4. The summed E-state index contributed by atoms with van der Waals surface area (Å²) in [4.78, 5) is 23.1. The molecule has 1 aliphatic carbocycles. The normalized spacial score (nSPS) is 10.3. The van der Waals surface area contributed by atoms with Crippen molar-refractivity contribution in [2.45, 2.75) is 0 Å². The van der Waals surface area contributed by atoms with Crippen LogP contribution < -0.4 is 33.2 Å². The largest absolute Gasteiger partial charge is 0.358 e. The van der Waals surface area contributed by atoms with Crippen LogP contribution in [-0.2, 0) is 19.5 Å². The van der Waals surface area contributed by atoms with Gasteiger partial charge in [0.2, 0.25) is 11.6 Å². The molecule has 2 aromatic carbocycles. The van der Waals surface area contributed by atoms with E-state index in [0.717, 1.165) is 10.8 Å². The summed E-state index contributed by atoms with van der Waals surface area (Å²) < 4.78 is 0. The summed E-state index contributed by atoms with van der Waals surface area (Å²) in [7, 11) is 0. The molecule has 0 saturated carbocycles. The van der Waals surface area contributed by atoms with E-state index in [9.17, 15) is 9.59 Å². The summed E-state index contributed by atoms with van der Waals surface area (Å²) in [5, 5.41) is 8.16. The smallest absolute Gasteiger partial charge is 0.234 e.